The van der Waals surface area contributed by atoms with Gasteiger partial charge in [0.2, 0.25) is 5.91 Å². The van der Waals surface area contributed by atoms with E-state index >= 15 is 0 Å². The minimum atomic E-state index is -1.06. The number of carbonyl (C=O) groups is 13. The summed E-state index contributed by atoms with van der Waals surface area (Å²) in [6.07, 6.45) is 26.3. The van der Waals surface area contributed by atoms with Crippen molar-refractivity contribution in [1.29, 1.82) is 0 Å². The number of carbonyl (C=O) groups excluding carboxylic acids is 10. The Morgan fingerprint density at radius 3 is 1.02 bits per heavy atom. The van der Waals surface area contributed by atoms with Gasteiger partial charge in [0.1, 0.15) is 45.4 Å². The van der Waals surface area contributed by atoms with Crippen molar-refractivity contribution in [3.05, 3.63) is 78.5 Å². The Labute approximate surface area is 820 Å². The van der Waals surface area contributed by atoms with Gasteiger partial charge in [0.25, 0.3) is 5.91 Å². The molecule has 5 amide bonds. The second-order valence-corrected chi connectivity index (χ2v) is 36.3. The van der Waals surface area contributed by atoms with Gasteiger partial charge in [0.05, 0.1) is 36.4 Å². The number of hydrogen-bond acceptors (Lipinski definition) is 25. The van der Waals surface area contributed by atoms with Crippen LogP contribution in [-0.2, 0) is 97.5 Å². The number of rotatable bonds is 38. The molecule has 5 heterocycles. The third-order valence-electron chi connectivity index (χ3n) is 17.9. The fourth-order valence-corrected chi connectivity index (χ4v) is 11.9. The standard InChI is InChI=1S/C19H24N2O2.C13H26N2O4.C12H23NO3.C12H11NO2.C11H21NO4.C10H18O5.C7H15NO.C6H13NO2.C4H8O.C2H7NO.CH3.ClH.Mg/c1-14(22)7-3-2-4-11-20-19(23)17-13-21-12-6-9-15-8-5-10-16(17)18(15)21;1-13(2,3)19-12(17)14-10-8-6-7-9-11(16)15(4)18-5;1-10(14)8-6-5-7-9-13-11(15)16-12(2,3)4;14-12(15)10-7-13-6-2-4-8-3-1-5-9(10)11(8)13;1-11(2,3)16-10(15)12-8-6-4-5-7-9(13)14;1-9(2,3)14-7(11)13-8(12)15-10(4,5)6;1-7(9)5-3-2-4-6-8;7-5-3-1-2-4-6(8)9;1-2-4-5-3-1;1-3-4-2;;;/h5,8,10,13H,2-4,6-7,9,11-12H2,1H3,(H,20,23);6-10H2,1-5H3,(H,14,17);5-9H2,1-4H3,(H,13,15);1,3,5,7H,2,4,6H2,(H,14,15);4-8H2,1-3H3,(H,12,15)(H,13,14);1-6H3;2-6,8H2,1H3;1-5,7H2,(H,8,9);1-4H2;3H,1-2H3;1H3;1H;/q;;;;;;;;;;-1;;+2/p-1. The summed E-state index contributed by atoms with van der Waals surface area (Å²) >= 11 is 0. The zero-order chi connectivity index (χ0) is 100. The third kappa shape index (κ3) is 79.5. The molecule has 1 saturated heterocycles. The zero-order valence-electron chi connectivity index (χ0n) is 85.3. The van der Waals surface area contributed by atoms with E-state index in [1.807, 2.05) is 72.0 Å². The summed E-state index contributed by atoms with van der Waals surface area (Å²) in [4.78, 5) is 152. The molecule has 1 fully saturated rings. The van der Waals surface area contributed by atoms with Crippen LogP contribution in [0.3, 0.4) is 0 Å². The fourth-order valence-electron chi connectivity index (χ4n) is 11.9. The molecule has 0 bridgehead atoms. The van der Waals surface area contributed by atoms with Gasteiger partial charge in [-0.25, -0.2) is 39.3 Å². The Morgan fingerprint density at radius 2 is 0.739 bits per heavy atom. The van der Waals surface area contributed by atoms with Crippen molar-refractivity contribution in [1.82, 2.24) is 40.9 Å². The van der Waals surface area contributed by atoms with E-state index in [0.717, 1.165) is 196 Å². The van der Waals surface area contributed by atoms with Crippen LogP contribution < -0.4 is 50.6 Å². The van der Waals surface area contributed by atoms with Gasteiger partial charge < -0.3 is 129 Å². The fraction of sp³-hybridized carbons (Fsp3) is 0.691. The molecule has 0 spiro atoms. The maximum atomic E-state index is 12.5. The van der Waals surface area contributed by atoms with E-state index in [-0.39, 0.29) is 91.0 Å². The summed E-state index contributed by atoms with van der Waals surface area (Å²) in [5.74, 6) is -1.61. The van der Waals surface area contributed by atoms with E-state index in [2.05, 4.69) is 57.6 Å². The molecule has 37 heteroatoms. The van der Waals surface area contributed by atoms with E-state index < -0.39 is 70.4 Å². The normalized spacial score (nSPS) is 11.8. The first-order valence-corrected chi connectivity index (χ1v) is 45.9. The number of hydrogen-bond donors (Lipinski definition) is 10. The van der Waals surface area contributed by atoms with Crippen molar-refractivity contribution in [3.63, 3.8) is 0 Å². The number of unbranched alkanes of at least 4 members (excludes halogenated alkanes) is 12. The number of nitrogens with zero attached hydrogens (tertiary/aromatic N) is 3. The first-order valence-electron chi connectivity index (χ1n) is 45.9. The van der Waals surface area contributed by atoms with Gasteiger partial charge in [0.15, 0.2) is 0 Å². The number of ketones is 3. The number of aryl methyl sites for hydroxylation is 4. The molecule has 0 radical (unpaired) electrons. The number of Topliss-reactive ketones (excluding diaryl/α,β-unsaturated/α-hetero) is 3. The maximum absolute atomic E-state index is 12.5. The van der Waals surface area contributed by atoms with Crippen LogP contribution >= 0.6 is 0 Å². The number of para-hydroxylation sites is 2. The first kappa shape index (κ1) is 136. The molecule has 35 nitrogen and oxygen atoms in total. The van der Waals surface area contributed by atoms with Gasteiger partial charge in [0, 0.05) is 128 Å². The van der Waals surface area contributed by atoms with Crippen LogP contribution in [0.15, 0.2) is 48.8 Å². The average Bonchev–Trinajstić information content (AvgIpc) is 1.62. The Bertz CT molecular complexity index is 3840. The van der Waals surface area contributed by atoms with Gasteiger partial charge in [-0.1, -0.05) is 74.9 Å². The number of amides is 5. The number of hydroxylamine groups is 3. The van der Waals surface area contributed by atoms with Crippen molar-refractivity contribution in [2.75, 3.05) is 80.8 Å². The number of benzene rings is 2. The molecule has 3 aliphatic rings. The number of halogens is 1. The van der Waals surface area contributed by atoms with E-state index in [9.17, 15) is 62.3 Å². The number of nitrogens with two attached hydrogens (primary N) is 2. The zero-order valence-corrected chi connectivity index (χ0v) is 87.5. The van der Waals surface area contributed by atoms with E-state index in [4.69, 9.17) is 60.0 Å². The molecule has 766 valence electrons. The molecule has 12 N–H and O–H groups in total. The van der Waals surface area contributed by atoms with Gasteiger partial charge in [-0.2, -0.15) is 0 Å². The Balaban J connectivity index is -0.000000348. The summed E-state index contributed by atoms with van der Waals surface area (Å²) in [6.45, 7) is 38.9. The molecule has 0 saturated carbocycles. The van der Waals surface area contributed by atoms with Crippen LogP contribution in [0.1, 0.15) is 336 Å². The number of carboxylic acids is 3. The van der Waals surface area contributed by atoms with Crippen LogP contribution in [0.5, 0.6) is 0 Å². The largest absolute Gasteiger partial charge is 2.00 e. The van der Waals surface area contributed by atoms with Crippen LogP contribution in [0.25, 0.3) is 21.8 Å². The molecule has 7 rings (SSSR count). The van der Waals surface area contributed by atoms with Crippen molar-refractivity contribution in [2.45, 2.75) is 358 Å². The topological polar surface area (TPSA) is 491 Å². The third-order valence-corrected chi connectivity index (χ3v) is 17.9. The average molecular weight is 1940 g/mol. The SMILES string of the molecule is C1CCOC1.CC(=O)CCCCCN.CC(=O)CCCCCNC(=O)OC(C)(C)C.CC(=O)CCCCCNC(=O)c1cn2c3c(cccc13)CCC2.CC(C)(C)OC(=O)NCCCCCC(=O)O.CC(C)(C)OC(=O)OC(=O)OC(C)(C)C.CNOC.CON(C)C(=O)CCCCCNC(=O)OC(C)(C)C.NCCCCCC(=O)O.O=C(O)c1cn2c3c(cccc13)CCC2.[CH3-].[Cl-].[Mg+2]. The Hall–Kier alpha value is -8.75. The number of carboxylic acid groups (broad SMARTS) is 3. The molecule has 4 aromatic rings. The van der Waals surface area contributed by atoms with Gasteiger partial charge in [-0.05, 0) is 264 Å². The maximum Gasteiger partial charge on any atom is 2.00 e. The summed E-state index contributed by atoms with van der Waals surface area (Å²) < 4.78 is 38.2. The van der Waals surface area contributed by atoms with Crippen molar-refractivity contribution >= 4 is 123 Å². The molecule has 0 atom stereocenters. The molecule has 134 heavy (non-hydrogen) atoms. The molecule has 2 aromatic heterocycles. The van der Waals surface area contributed by atoms with E-state index in [1.165, 1.54) is 41.7 Å². The number of nitrogens with one attached hydrogen (secondary N) is 5. The van der Waals surface area contributed by atoms with Crippen molar-refractivity contribution < 1.29 is 133 Å². The van der Waals surface area contributed by atoms with E-state index in [1.54, 1.807) is 110 Å². The van der Waals surface area contributed by atoms with Crippen LogP contribution in [0, 0.1) is 7.43 Å². The second-order valence-electron chi connectivity index (χ2n) is 36.3. The molecular weight excluding hydrogens is 1760 g/mol. The Kier molecular flexibility index (Phi) is 79.5. The number of aliphatic carboxylic acids is 2. The Morgan fingerprint density at radius 1 is 0.433 bits per heavy atom. The van der Waals surface area contributed by atoms with Gasteiger partial charge in [-0.3, -0.25) is 24.0 Å². The van der Waals surface area contributed by atoms with Gasteiger partial charge in [-0.15, -0.1) is 0 Å². The minimum Gasteiger partial charge on any atom is -1.00 e. The summed E-state index contributed by atoms with van der Waals surface area (Å²) in [6, 6.07) is 12.2. The van der Waals surface area contributed by atoms with Crippen LogP contribution in [0.2, 0.25) is 0 Å². The first-order chi connectivity index (χ1) is 61.3. The van der Waals surface area contributed by atoms with Crippen LogP contribution in [-0.4, -0.2) is 239 Å². The molecule has 0 unspecified atom stereocenters. The summed E-state index contributed by atoms with van der Waals surface area (Å²) in [5, 5.41) is 39.8. The van der Waals surface area contributed by atoms with Gasteiger partial charge >= 0.3 is 71.6 Å². The number of ether oxygens (including phenoxy) is 7. The molecule has 3 aliphatic heterocycles. The molecule has 0 aliphatic carbocycles. The second kappa shape index (κ2) is 78.3. The smallest absolute Gasteiger partial charge is 1.00 e. The predicted octanol–water partition coefficient (Wildman–Crippen LogP) is 14.9. The monoisotopic (exact) mass is 1930 g/mol. The van der Waals surface area contributed by atoms with Crippen molar-refractivity contribution in [3.8, 4) is 0 Å². The number of alkyl carbamates (subject to hydrolysis) is 3. The number of aromatic nitrogens is 2. The summed E-state index contributed by atoms with van der Waals surface area (Å²) in [5.41, 5.74) is 16.3. The quantitative estimate of drug-likeness (QED) is 0.00379. The molecule has 2 aromatic carbocycles. The minimum absolute atomic E-state index is 0. The number of aromatic carboxylic acids is 1. The van der Waals surface area contributed by atoms with Crippen LogP contribution in [0.4, 0.5) is 24.0 Å². The predicted molar refractivity (Wildman–Crippen MR) is 520 cm³/mol. The van der Waals surface area contributed by atoms with Crippen molar-refractivity contribution in [2.24, 2.45) is 11.5 Å². The van der Waals surface area contributed by atoms with E-state index in [0.29, 0.717) is 64.0 Å². The summed E-state index contributed by atoms with van der Waals surface area (Å²) in [7, 11) is 6.33. The molecular formula is C97H169ClMgN10O25.